The van der Waals surface area contributed by atoms with Gasteiger partial charge in [0.05, 0.1) is 6.20 Å². The van der Waals surface area contributed by atoms with Crippen LogP contribution in [0.1, 0.15) is 44.1 Å². The highest BCUT2D eigenvalue weighted by Crippen LogP contribution is 2.10. The van der Waals surface area contributed by atoms with Gasteiger partial charge in [0.25, 0.3) is 0 Å². The highest BCUT2D eigenvalue weighted by Gasteiger charge is 1.95. The second-order valence-electron chi connectivity index (χ2n) is 5.02. The van der Waals surface area contributed by atoms with E-state index in [4.69, 9.17) is 0 Å². The van der Waals surface area contributed by atoms with Gasteiger partial charge in [-0.3, -0.25) is 4.68 Å². The lowest BCUT2D eigenvalue weighted by atomic mass is 10.1. The first-order valence-corrected chi connectivity index (χ1v) is 7.33. The molecule has 0 fully saturated rings. The predicted molar refractivity (Wildman–Crippen MR) is 77.9 cm³/mol. The molecular formula is C16H23N3. The third-order valence-electron chi connectivity index (χ3n) is 3.42. The van der Waals surface area contributed by atoms with Crippen molar-refractivity contribution in [2.45, 2.75) is 51.5 Å². The number of nitrogens with zero attached hydrogens (tertiary/aromatic N) is 3. The average Bonchev–Trinajstić information content (AvgIpc) is 2.96. The molecule has 3 nitrogen and oxygen atoms in total. The van der Waals surface area contributed by atoms with Crippen LogP contribution in [0.4, 0.5) is 0 Å². The standard InChI is InChI=1S/C16H23N3/c1(2-4-9-14-19-15-13-17-18-19)3-6-10-16-11-7-5-8-12-16/h5,7-8,11-13,15H,1-4,6,9-10,14H2. The van der Waals surface area contributed by atoms with Crippen molar-refractivity contribution in [3.8, 4) is 0 Å². The molecule has 2 rings (SSSR count). The number of unbranched alkanes of at least 4 members (excludes halogenated alkanes) is 5. The summed E-state index contributed by atoms with van der Waals surface area (Å²) in [5.74, 6) is 0. The Hall–Kier alpha value is -1.64. The van der Waals surface area contributed by atoms with Crippen molar-refractivity contribution in [1.29, 1.82) is 0 Å². The summed E-state index contributed by atoms with van der Waals surface area (Å²) in [6.07, 6.45) is 12.7. The van der Waals surface area contributed by atoms with Crippen LogP contribution in [0.2, 0.25) is 0 Å². The van der Waals surface area contributed by atoms with E-state index in [1.54, 1.807) is 6.20 Å². The molecule has 0 atom stereocenters. The molecule has 19 heavy (non-hydrogen) atoms. The van der Waals surface area contributed by atoms with Gasteiger partial charge in [-0.05, 0) is 24.8 Å². The maximum Gasteiger partial charge on any atom is 0.0692 e. The quantitative estimate of drug-likeness (QED) is 0.639. The van der Waals surface area contributed by atoms with Gasteiger partial charge >= 0.3 is 0 Å². The third-order valence-corrected chi connectivity index (χ3v) is 3.42. The maximum atomic E-state index is 3.96. The number of rotatable bonds is 9. The Bertz CT molecular complexity index is 423. The molecule has 0 amide bonds. The molecule has 0 spiro atoms. The Morgan fingerprint density at radius 3 is 2.32 bits per heavy atom. The summed E-state index contributed by atoms with van der Waals surface area (Å²) in [5.41, 5.74) is 1.47. The fraction of sp³-hybridized carbons (Fsp3) is 0.500. The SMILES string of the molecule is c1ccc(CCCCCCCCn2ccnn2)cc1. The van der Waals surface area contributed by atoms with Crippen molar-refractivity contribution in [2.24, 2.45) is 0 Å². The van der Waals surface area contributed by atoms with Crippen LogP contribution in [0, 0.1) is 0 Å². The molecule has 2 aromatic rings. The third kappa shape index (κ3) is 5.69. The minimum Gasteiger partial charge on any atom is -0.253 e. The van der Waals surface area contributed by atoms with E-state index in [0.717, 1.165) is 6.54 Å². The Morgan fingerprint density at radius 2 is 1.58 bits per heavy atom. The van der Waals surface area contributed by atoms with Gasteiger partial charge in [0.15, 0.2) is 0 Å². The Morgan fingerprint density at radius 1 is 0.842 bits per heavy atom. The molecule has 0 unspecified atom stereocenters. The molecule has 102 valence electrons. The molecule has 1 aromatic carbocycles. The fourth-order valence-electron chi connectivity index (χ4n) is 2.31. The van der Waals surface area contributed by atoms with E-state index in [-0.39, 0.29) is 0 Å². The van der Waals surface area contributed by atoms with Gasteiger partial charge in [0.2, 0.25) is 0 Å². The lowest BCUT2D eigenvalue weighted by molar-refractivity contribution is 0.514. The average molecular weight is 257 g/mol. The zero-order valence-corrected chi connectivity index (χ0v) is 11.5. The summed E-state index contributed by atoms with van der Waals surface area (Å²) in [6, 6.07) is 10.8. The smallest absolute Gasteiger partial charge is 0.0692 e. The van der Waals surface area contributed by atoms with Crippen LogP contribution in [0.3, 0.4) is 0 Å². The summed E-state index contributed by atoms with van der Waals surface area (Å²) < 4.78 is 1.91. The maximum absolute atomic E-state index is 3.96. The van der Waals surface area contributed by atoms with Crippen LogP contribution >= 0.6 is 0 Å². The number of aryl methyl sites for hydroxylation is 2. The van der Waals surface area contributed by atoms with Gasteiger partial charge in [-0.15, -0.1) is 5.10 Å². The van der Waals surface area contributed by atoms with Gasteiger partial charge in [-0.25, -0.2) is 0 Å². The Labute approximate surface area is 115 Å². The van der Waals surface area contributed by atoms with E-state index in [9.17, 15) is 0 Å². The topological polar surface area (TPSA) is 30.7 Å². The van der Waals surface area contributed by atoms with Crippen LogP contribution in [-0.4, -0.2) is 15.0 Å². The van der Waals surface area contributed by atoms with Gasteiger partial charge < -0.3 is 0 Å². The highest BCUT2D eigenvalue weighted by atomic mass is 15.4. The van der Waals surface area contributed by atoms with Gasteiger partial charge in [-0.1, -0.05) is 61.2 Å². The van der Waals surface area contributed by atoms with Gasteiger partial charge in [0.1, 0.15) is 0 Å². The first-order valence-electron chi connectivity index (χ1n) is 7.33. The van der Waals surface area contributed by atoms with E-state index in [1.807, 2.05) is 10.9 Å². The molecule has 1 aromatic heterocycles. The van der Waals surface area contributed by atoms with Crippen molar-refractivity contribution in [3.63, 3.8) is 0 Å². The minimum atomic E-state index is 1.00. The minimum absolute atomic E-state index is 1.00. The number of hydrogen-bond acceptors (Lipinski definition) is 2. The number of aromatic nitrogens is 3. The molecule has 3 heteroatoms. The van der Waals surface area contributed by atoms with E-state index < -0.39 is 0 Å². The second-order valence-corrected chi connectivity index (χ2v) is 5.02. The lowest BCUT2D eigenvalue weighted by Gasteiger charge is -2.03. The zero-order chi connectivity index (χ0) is 13.2. The van der Waals surface area contributed by atoms with Crippen molar-refractivity contribution in [1.82, 2.24) is 15.0 Å². The van der Waals surface area contributed by atoms with Crippen molar-refractivity contribution in [2.75, 3.05) is 0 Å². The molecule has 0 saturated heterocycles. The summed E-state index contributed by atoms with van der Waals surface area (Å²) >= 11 is 0. The van der Waals surface area contributed by atoms with E-state index in [1.165, 1.54) is 50.5 Å². The molecular weight excluding hydrogens is 234 g/mol. The van der Waals surface area contributed by atoms with Crippen LogP contribution < -0.4 is 0 Å². The van der Waals surface area contributed by atoms with Crippen LogP contribution in [0.25, 0.3) is 0 Å². The number of hydrogen-bond donors (Lipinski definition) is 0. The lowest BCUT2D eigenvalue weighted by Crippen LogP contribution is -1.98. The molecule has 0 aliphatic heterocycles. The molecule has 1 heterocycles. The van der Waals surface area contributed by atoms with E-state index >= 15 is 0 Å². The fourth-order valence-corrected chi connectivity index (χ4v) is 2.31. The van der Waals surface area contributed by atoms with Crippen LogP contribution in [0.15, 0.2) is 42.7 Å². The summed E-state index contributed by atoms with van der Waals surface area (Å²) in [6.45, 7) is 1.00. The second kappa shape index (κ2) is 8.46. The first kappa shape index (κ1) is 13.8. The normalized spacial score (nSPS) is 10.7. The largest absolute Gasteiger partial charge is 0.253 e. The molecule has 0 saturated carbocycles. The summed E-state index contributed by atoms with van der Waals surface area (Å²) in [7, 11) is 0. The molecule has 0 N–H and O–H groups in total. The number of benzene rings is 1. The Balaban J connectivity index is 1.42. The van der Waals surface area contributed by atoms with Crippen LogP contribution in [-0.2, 0) is 13.0 Å². The molecule has 0 aliphatic rings. The summed E-state index contributed by atoms with van der Waals surface area (Å²) in [4.78, 5) is 0. The van der Waals surface area contributed by atoms with E-state index in [2.05, 4.69) is 40.6 Å². The zero-order valence-electron chi connectivity index (χ0n) is 11.5. The molecule has 0 radical (unpaired) electrons. The van der Waals surface area contributed by atoms with Crippen molar-refractivity contribution >= 4 is 0 Å². The monoisotopic (exact) mass is 257 g/mol. The molecule has 0 bridgehead atoms. The van der Waals surface area contributed by atoms with Gasteiger partial charge in [-0.2, -0.15) is 0 Å². The van der Waals surface area contributed by atoms with Crippen LogP contribution in [0.5, 0.6) is 0 Å². The van der Waals surface area contributed by atoms with Gasteiger partial charge in [0, 0.05) is 12.7 Å². The summed E-state index contributed by atoms with van der Waals surface area (Å²) in [5, 5.41) is 7.77. The van der Waals surface area contributed by atoms with Crippen molar-refractivity contribution in [3.05, 3.63) is 48.3 Å². The molecule has 0 aliphatic carbocycles. The highest BCUT2D eigenvalue weighted by molar-refractivity contribution is 5.14. The first-order chi connectivity index (χ1) is 9.45. The Kier molecular flexibility index (Phi) is 6.14. The van der Waals surface area contributed by atoms with Crippen molar-refractivity contribution < 1.29 is 0 Å². The van der Waals surface area contributed by atoms with E-state index in [0.29, 0.717) is 0 Å². The predicted octanol–water partition coefficient (Wildman–Crippen LogP) is 3.86.